The number of hydrogen-bond acceptors (Lipinski definition) is 2. The fourth-order valence-corrected chi connectivity index (χ4v) is 2.44. The molecule has 1 amide bonds. The summed E-state index contributed by atoms with van der Waals surface area (Å²) in [5.74, 6) is -2.59. The number of halogens is 2. The molecule has 0 radical (unpaired) electrons. The second kappa shape index (κ2) is 3.56. The highest BCUT2D eigenvalue weighted by molar-refractivity contribution is 5.68. The van der Waals surface area contributed by atoms with E-state index < -0.39 is 23.0 Å². The van der Waals surface area contributed by atoms with Crippen LogP contribution in [0.3, 0.4) is 0 Å². The molecule has 0 bridgehead atoms. The van der Waals surface area contributed by atoms with Gasteiger partial charge < -0.3 is 9.64 Å². The van der Waals surface area contributed by atoms with E-state index in [1.165, 1.54) is 4.90 Å². The van der Waals surface area contributed by atoms with E-state index in [0.29, 0.717) is 19.4 Å². The average molecular weight is 247 g/mol. The zero-order chi connectivity index (χ0) is 12.9. The lowest BCUT2D eigenvalue weighted by Gasteiger charge is -2.34. The molecule has 1 saturated carbocycles. The third-order valence-corrected chi connectivity index (χ3v) is 3.44. The summed E-state index contributed by atoms with van der Waals surface area (Å²) >= 11 is 0. The highest BCUT2D eigenvalue weighted by Crippen LogP contribution is 2.64. The number of nitrogens with zero attached hydrogens (tertiary/aromatic N) is 1. The summed E-state index contributed by atoms with van der Waals surface area (Å²) in [6.45, 7) is 5.98. The van der Waals surface area contributed by atoms with E-state index in [2.05, 4.69) is 0 Å². The normalized spacial score (nSPS) is 31.5. The lowest BCUT2D eigenvalue weighted by molar-refractivity contribution is -0.00460. The second-order valence-electron chi connectivity index (χ2n) is 6.17. The maximum absolute atomic E-state index is 13.3. The van der Waals surface area contributed by atoms with Crippen LogP contribution < -0.4 is 0 Å². The Labute approximate surface area is 100 Å². The lowest BCUT2D eigenvalue weighted by atomic mass is 9.94. The van der Waals surface area contributed by atoms with E-state index in [4.69, 9.17) is 4.74 Å². The third kappa shape index (κ3) is 2.38. The van der Waals surface area contributed by atoms with Gasteiger partial charge in [0.15, 0.2) is 0 Å². The molecule has 1 aliphatic heterocycles. The Morgan fingerprint density at radius 3 is 2.41 bits per heavy atom. The van der Waals surface area contributed by atoms with Crippen molar-refractivity contribution in [1.82, 2.24) is 4.90 Å². The van der Waals surface area contributed by atoms with Gasteiger partial charge in [-0.25, -0.2) is 13.6 Å². The first-order valence-corrected chi connectivity index (χ1v) is 6.01. The van der Waals surface area contributed by atoms with Crippen LogP contribution in [-0.4, -0.2) is 35.6 Å². The van der Waals surface area contributed by atoms with Crippen LogP contribution in [-0.2, 0) is 4.74 Å². The smallest absolute Gasteiger partial charge is 0.410 e. The molecule has 1 atom stereocenters. The minimum Gasteiger partial charge on any atom is -0.444 e. The van der Waals surface area contributed by atoms with Gasteiger partial charge in [-0.3, -0.25) is 0 Å². The van der Waals surface area contributed by atoms with Crippen molar-refractivity contribution < 1.29 is 18.3 Å². The first-order valence-electron chi connectivity index (χ1n) is 6.01. The first kappa shape index (κ1) is 12.6. The van der Waals surface area contributed by atoms with Crippen molar-refractivity contribution in [2.75, 3.05) is 13.1 Å². The van der Waals surface area contributed by atoms with Crippen molar-refractivity contribution in [2.45, 2.75) is 51.6 Å². The molecule has 2 fully saturated rings. The van der Waals surface area contributed by atoms with Crippen LogP contribution >= 0.6 is 0 Å². The molecule has 2 rings (SSSR count). The molecule has 0 aromatic carbocycles. The predicted molar refractivity (Wildman–Crippen MR) is 59.0 cm³/mol. The number of ether oxygens (including phenoxy) is 1. The van der Waals surface area contributed by atoms with Gasteiger partial charge in [0.25, 0.3) is 5.92 Å². The largest absolute Gasteiger partial charge is 0.444 e. The number of hydrogen-bond donors (Lipinski definition) is 0. The zero-order valence-electron chi connectivity index (χ0n) is 10.6. The Morgan fingerprint density at radius 1 is 1.35 bits per heavy atom. The topological polar surface area (TPSA) is 29.5 Å². The minimum absolute atomic E-state index is 0.0840. The molecule has 1 heterocycles. The second-order valence-corrected chi connectivity index (χ2v) is 6.17. The molecule has 1 spiro atoms. The maximum Gasteiger partial charge on any atom is 0.410 e. The summed E-state index contributed by atoms with van der Waals surface area (Å²) in [5.41, 5.74) is -1.53. The molecule has 1 saturated heterocycles. The Bertz CT molecular complexity index is 338. The van der Waals surface area contributed by atoms with Crippen molar-refractivity contribution in [3.05, 3.63) is 0 Å². The first-order chi connectivity index (χ1) is 7.65. The van der Waals surface area contributed by atoms with E-state index in [-0.39, 0.29) is 13.0 Å². The molecule has 2 aliphatic rings. The van der Waals surface area contributed by atoms with Crippen LogP contribution in [0.5, 0.6) is 0 Å². The fourth-order valence-electron chi connectivity index (χ4n) is 2.44. The maximum atomic E-state index is 13.3. The van der Waals surface area contributed by atoms with Crippen molar-refractivity contribution in [3.8, 4) is 0 Å². The van der Waals surface area contributed by atoms with Gasteiger partial charge in [-0.15, -0.1) is 0 Å². The Morgan fingerprint density at radius 2 is 1.94 bits per heavy atom. The Balaban J connectivity index is 1.97. The van der Waals surface area contributed by atoms with E-state index in [0.717, 1.165) is 0 Å². The predicted octanol–water partition coefficient (Wildman–Crippen LogP) is 3.04. The number of amides is 1. The van der Waals surface area contributed by atoms with Crippen LogP contribution in [0.15, 0.2) is 0 Å². The number of piperidine rings is 1. The van der Waals surface area contributed by atoms with Gasteiger partial charge in [-0.05, 0) is 33.6 Å². The van der Waals surface area contributed by atoms with Gasteiger partial charge in [-0.2, -0.15) is 0 Å². The van der Waals surface area contributed by atoms with E-state index in [9.17, 15) is 13.6 Å². The number of carbonyl (C=O) groups is 1. The lowest BCUT2D eigenvalue weighted by Crippen LogP contribution is -2.45. The number of alkyl halides is 2. The van der Waals surface area contributed by atoms with Crippen molar-refractivity contribution in [3.63, 3.8) is 0 Å². The molecule has 0 aromatic rings. The minimum atomic E-state index is -2.59. The van der Waals surface area contributed by atoms with E-state index in [1.54, 1.807) is 20.8 Å². The van der Waals surface area contributed by atoms with Crippen molar-refractivity contribution >= 4 is 6.09 Å². The molecule has 1 aliphatic carbocycles. The summed E-state index contributed by atoms with van der Waals surface area (Å²) < 4.78 is 31.7. The molecule has 5 heteroatoms. The van der Waals surface area contributed by atoms with Crippen molar-refractivity contribution in [2.24, 2.45) is 5.41 Å². The summed E-state index contributed by atoms with van der Waals surface area (Å²) in [5, 5.41) is 0. The highest BCUT2D eigenvalue weighted by atomic mass is 19.3. The summed E-state index contributed by atoms with van der Waals surface area (Å²) in [7, 11) is 0. The molecule has 3 nitrogen and oxygen atoms in total. The van der Waals surface area contributed by atoms with E-state index >= 15 is 0 Å². The number of rotatable bonds is 0. The van der Waals surface area contributed by atoms with Crippen LogP contribution in [0.25, 0.3) is 0 Å². The van der Waals surface area contributed by atoms with Gasteiger partial charge in [0, 0.05) is 19.5 Å². The van der Waals surface area contributed by atoms with Crippen LogP contribution in [0, 0.1) is 5.41 Å². The third-order valence-electron chi connectivity index (χ3n) is 3.44. The van der Waals surface area contributed by atoms with Crippen LogP contribution in [0.2, 0.25) is 0 Å². The van der Waals surface area contributed by atoms with Crippen molar-refractivity contribution in [1.29, 1.82) is 0 Å². The average Bonchev–Trinajstić information content (AvgIpc) is 2.64. The Hall–Kier alpha value is -0.870. The molecule has 0 N–H and O–H groups in total. The van der Waals surface area contributed by atoms with Crippen LogP contribution in [0.4, 0.5) is 13.6 Å². The van der Waals surface area contributed by atoms with Gasteiger partial charge in [-0.1, -0.05) is 0 Å². The monoisotopic (exact) mass is 247 g/mol. The summed E-state index contributed by atoms with van der Waals surface area (Å²) in [6, 6.07) is 0. The van der Waals surface area contributed by atoms with Gasteiger partial charge in [0.1, 0.15) is 5.60 Å². The molecule has 17 heavy (non-hydrogen) atoms. The molecule has 0 aromatic heterocycles. The number of carbonyl (C=O) groups excluding carboxylic acids is 1. The highest BCUT2D eigenvalue weighted by Gasteiger charge is 2.71. The quantitative estimate of drug-likeness (QED) is 0.658. The summed E-state index contributed by atoms with van der Waals surface area (Å²) in [4.78, 5) is 13.2. The summed E-state index contributed by atoms with van der Waals surface area (Å²) in [6.07, 6.45) is 0.590. The SMILES string of the molecule is CC(C)(C)OC(=O)N1CCCC2(C1)CC2(F)F. The fraction of sp³-hybridized carbons (Fsp3) is 0.917. The molecule has 98 valence electrons. The van der Waals surface area contributed by atoms with Crippen LogP contribution in [0.1, 0.15) is 40.0 Å². The Kier molecular flexibility index (Phi) is 2.64. The molecule has 1 unspecified atom stereocenters. The molecular weight excluding hydrogens is 228 g/mol. The van der Waals surface area contributed by atoms with E-state index in [1.807, 2.05) is 0 Å². The van der Waals surface area contributed by atoms with Gasteiger partial charge in [0.2, 0.25) is 0 Å². The molecular formula is C12H19F2NO2. The van der Waals surface area contributed by atoms with Gasteiger partial charge >= 0.3 is 6.09 Å². The zero-order valence-corrected chi connectivity index (χ0v) is 10.6. The standard InChI is InChI=1S/C12H19F2NO2/c1-10(2,3)17-9(16)15-6-4-5-11(8-15)7-12(11,13)14/h4-8H2,1-3H3. The number of likely N-dealkylation sites (tertiary alicyclic amines) is 1. The van der Waals surface area contributed by atoms with Gasteiger partial charge in [0.05, 0.1) is 5.41 Å².